The number of benzene rings is 1. The van der Waals surface area contributed by atoms with Gasteiger partial charge in [-0.3, -0.25) is 4.79 Å². The third-order valence-electron chi connectivity index (χ3n) is 2.72. The number of aryl methyl sites for hydroxylation is 1. The molecule has 0 unspecified atom stereocenters. The summed E-state index contributed by atoms with van der Waals surface area (Å²) in [5.74, 6) is -2.84. The van der Waals surface area contributed by atoms with Gasteiger partial charge in [-0.25, -0.2) is 9.18 Å². The van der Waals surface area contributed by atoms with Crippen molar-refractivity contribution in [3.8, 4) is 0 Å². The molecule has 2 rings (SSSR count). The van der Waals surface area contributed by atoms with Crippen LogP contribution in [0.25, 0.3) is 10.9 Å². The van der Waals surface area contributed by atoms with Crippen molar-refractivity contribution in [2.45, 2.75) is 12.8 Å². The van der Waals surface area contributed by atoms with Crippen molar-refractivity contribution in [3.05, 3.63) is 32.8 Å². The molecule has 0 atom stereocenters. The zero-order chi connectivity index (χ0) is 14.2. The van der Waals surface area contributed by atoms with Gasteiger partial charge in [0.25, 0.3) is 0 Å². The van der Waals surface area contributed by atoms with Crippen LogP contribution in [-0.2, 0) is 11.2 Å². The van der Waals surface area contributed by atoms with Crippen LogP contribution in [0.5, 0.6) is 0 Å². The molecule has 0 spiro atoms. The van der Waals surface area contributed by atoms with Gasteiger partial charge in [0.1, 0.15) is 11.5 Å². The molecule has 19 heavy (non-hydrogen) atoms. The van der Waals surface area contributed by atoms with E-state index >= 15 is 0 Å². The van der Waals surface area contributed by atoms with E-state index in [1.807, 2.05) is 22.6 Å². The molecule has 0 bridgehead atoms. The second-order valence-corrected chi connectivity index (χ2v) is 5.23. The fraction of sp³-hybridized carbons (Fsp3) is 0.167. The Kier molecular flexibility index (Phi) is 3.74. The van der Waals surface area contributed by atoms with Gasteiger partial charge in [0.05, 0.1) is 5.52 Å². The summed E-state index contributed by atoms with van der Waals surface area (Å²) in [5, 5.41) is 17.9. The molecule has 1 aromatic carbocycles. The Labute approximate surface area is 120 Å². The molecule has 100 valence electrons. The van der Waals surface area contributed by atoms with E-state index < -0.39 is 17.8 Å². The van der Waals surface area contributed by atoms with Crippen LogP contribution < -0.4 is 0 Å². The third-order valence-corrected chi connectivity index (χ3v) is 3.34. The lowest BCUT2D eigenvalue weighted by molar-refractivity contribution is -0.136. The molecular formula is C12H9FINO4. The van der Waals surface area contributed by atoms with Crippen LogP contribution in [0, 0.1) is 9.39 Å². The highest BCUT2D eigenvalue weighted by molar-refractivity contribution is 14.1. The summed E-state index contributed by atoms with van der Waals surface area (Å²) in [6, 6.07) is 2.91. The van der Waals surface area contributed by atoms with Gasteiger partial charge >= 0.3 is 11.9 Å². The van der Waals surface area contributed by atoms with E-state index in [1.165, 1.54) is 6.07 Å². The van der Waals surface area contributed by atoms with E-state index in [0.717, 1.165) is 0 Å². The number of hydrogen-bond acceptors (Lipinski definition) is 2. The number of halogens is 2. The van der Waals surface area contributed by atoms with Crippen LogP contribution in [0.4, 0.5) is 4.39 Å². The molecule has 2 aromatic rings. The lowest BCUT2D eigenvalue weighted by atomic mass is 10.0. The molecule has 0 aliphatic rings. The van der Waals surface area contributed by atoms with Crippen molar-refractivity contribution >= 4 is 45.4 Å². The molecule has 3 N–H and O–H groups in total. The van der Waals surface area contributed by atoms with Gasteiger partial charge in [0, 0.05) is 15.4 Å². The maximum absolute atomic E-state index is 13.9. The smallest absolute Gasteiger partial charge is 0.352 e. The maximum Gasteiger partial charge on any atom is 0.352 e. The first kappa shape index (κ1) is 13.8. The summed E-state index contributed by atoms with van der Waals surface area (Å²) in [5.41, 5.74) is 0.401. The lowest BCUT2D eigenvalue weighted by Crippen LogP contribution is -2.04. The third kappa shape index (κ3) is 2.70. The minimum Gasteiger partial charge on any atom is -0.481 e. The zero-order valence-electron chi connectivity index (χ0n) is 9.54. The van der Waals surface area contributed by atoms with Gasteiger partial charge < -0.3 is 15.2 Å². The normalized spacial score (nSPS) is 10.8. The van der Waals surface area contributed by atoms with E-state index in [9.17, 15) is 14.0 Å². The highest BCUT2D eigenvalue weighted by atomic mass is 127. The second kappa shape index (κ2) is 5.16. The number of fused-ring (bicyclic) bond motifs is 1. The van der Waals surface area contributed by atoms with Crippen LogP contribution in [0.3, 0.4) is 0 Å². The minimum atomic E-state index is -1.23. The molecule has 0 saturated heterocycles. The van der Waals surface area contributed by atoms with Crippen molar-refractivity contribution in [2.24, 2.45) is 0 Å². The van der Waals surface area contributed by atoms with Crippen molar-refractivity contribution in [2.75, 3.05) is 0 Å². The van der Waals surface area contributed by atoms with E-state index in [1.54, 1.807) is 6.07 Å². The summed E-state index contributed by atoms with van der Waals surface area (Å²) >= 11 is 1.92. The number of aromatic nitrogens is 1. The van der Waals surface area contributed by atoms with Gasteiger partial charge in [-0.15, -0.1) is 0 Å². The molecule has 0 aliphatic heterocycles. The Morgan fingerprint density at radius 3 is 2.58 bits per heavy atom. The maximum atomic E-state index is 13.9. The largest absolute Gasteiger partial charge is 0.481 e. The number of nitrogens with one attached hydrogen (secondary N) is 1. The topological polar surface area (TPSA) is 90.4 Å². The van der Waals surface area contributed by atoms with Gasteiger partial charge in [-0.05, 0) is 46.7 Å². The molecule has 1 aromatic heterocycles. The Bertz CT molecular complexity index is 680. The molecular weight excluding hydrogens is 368 g/mol. The standard InChI is InChI=1S/C12H9FINO4/c13-7-3-5(14)4-8-10(7)6(1-2-9(16)17)11(15-8)12(18)19/h3-4,15H,1-2H2,(H,16,17)(H,18,19). The average Bonchev–Trinajstić information content (AvgIpc) is 2.64. The highest BCUT2D eigenvalue weighted by Gasteiger charge is 2.20. The van der Waals surface area contributed by atoms with Crippen LogP contribution >= 0.6 is 22.6 Å². The Balaban J connectivity index is 2.65. The Morgan fingerprint density at radius 1 is 1.32 bits per heavy atom. The van der Waals surface area contributed by atoms with E-state index in [0.29, 0.717) is 9.09 Å². The first-order chi connectivity index (χ1) is 8.90. The van der Waals surface area contributed by atoms with Crippen molar-refractivity contribution in [1.82, 2.24) is 4.98 Å². The summed E-state index contributed by atoms with van der Waals surface area (Å²) in [6.45, 7) is 0. The van der Waals surface area contributed by atoms with Gasteiger partial charge in [-0.2, -0.15) is 0 Å². The summed E-state index contributed by atoms with van der Waals surface area (Å²) in [6.07, 6.45) is -0.285. The monoisotopic (exact) mass is 377 g/mol. The molecule has 5 nitrogen and oxygen atoms in total. The molecule has 0 saturated carbocycles. The molecule has 0 amide bonds. The number of aromatic amines is 1. The highest BCUT2D eigenvalue weighted by Crippen LogP contribution is 2.28. The van der Waals surface area contributed by atoms with Gasteiger partial charge in [0.15, 0.2) is 0 Å². The fourth-order valence-electron chi connectivity index (χ4n) is 1.98. The van der Waals surface area contributed by atoms with Crippen molar-refractivity contribution < 1.29 is 24.2 Å². The van der Waals surface area contributed by atoms with Crippen LogP contribution in [-0.4, -0.2) is 27.1 Å². The fourth-order valence-corrected chi connectivity index (χ4v) is 2.56. The number of aromatic carboxylic acids is 1. The average molecular weight is 377 g/mol. The first-order valence-corrected chi connectivity index (χ1v) is 6.42. The number of H-pyrrole nitrogens is 1. The second-order valence-electron chi connectivity index (χ2n) is 3.99. The van der Waals surface area contributed by atoms with Crippen LogP contribution in [0.15, 0.2) is 12.1 Å². The number of carbonyl (C=O) groups is 2. The van der Waals surface area contributed by atoms with E-state index in [4.69, 9.17) is 10.2 Å². The number of rotatable bonds is 4. The molecule has 0 fully saturated rings. The quantitative estimate of drug-likeness (QED) is 0.715. The number of hydrogen-bond donors (Lipinski definition) is 3. The number of carboxylic acids is 2. The van der Waals surface area contributed by atoms with Crippen molar-refractivity contribution in [3.63, 3.8) is 0 Å². The number of carboxylic acid groups (broad SMARTS) is 2. The van der Waals surface area contributed by atoms with Crippen LogP contribution in [0.2, 0.25) is 0 Å². The van der Waals surface area contributed by atoms with Gasteiger partial charge in [0.2, 0.25) is 0 Å². The Morgan fingerprint density at radius 2 is 2.00 bits per heavy atom. The SMILES string of the molecule is O=C(O)CCc1c(C(=O)O)[nH]c2cc(I)cc(F)c12. The molecule has 7 heteroatoms. The molecule has 1 heterocycles. The summed E-state index contributed by atoms with van der Waals surface area (Å²) in [4.78, 5) is 24.4. The Hall–Kier alpha value is -1.64. The summed E-state index contributed by atoms with van der Waals surface area (Å²) in [7, 11) is 0. The predicted octanol–water partition coefficient (Wildman–Crippen LogP) is 2.63. The van der Waals surface area contributed by atoms with Crippen molar-refractivity contribution in [1.29, 1.82) is 0 Å². The first-order valence-electron chi connectivity index (χ1n) is 5.35. The molecule has 0 radical (unpaired) electrons. The lowest BCUT2D eigenvalue weighted by Gasteiger charge is -2.01. The van der Waals surface area contributed by atoms with E-state index in [-0.39, 0.29) is 29.5 Å². The zero-order valence-corrected chi connectivity index (χ0v) is 11.7. The predicted molar refractivity (Wildman–Crippen MR) is 73.9 cm³/mol. The minimum absolute atomic E-state index is 0.0333. The summed E-state index contributed by atoms with van der Waals surface area (Å²) < 4.78 is 14.6. The van der Waals surface area contributed by atoms with Crippen LogP contribution in [0.1, 0.15) is 22.5 Å². The molecule has 0 aliphatic carbocycles. The van der Waals surface area contributed by atoms with E-state index in [2.05, 4.69) is 4.98 Å². The number of aliphatic carboxylic acids is 1. The van der Waals surface area contributed by atoms with Gasteiger partial charge in [-0.1, -0.05) is 0 Å².